The maximum Gasteiger partial charge on any atom is 0.335 e. The van der Waals surface area contributed by atoms with Crippen molar-refractivity contribution in [2.45, 2.75) is 24.3 Å². The van der Waals surface area contributed by atoms with E-state index in [-0.39, 0.29) is 23.3 Å². The van der Waals surface area contributed by atoms with E-state index in [0.717, 1.165) is 0 Å². The van der Waals surface area contributed by atoms with Crippen molar-refractivity contribution in [2.75, 3.05) is 11.5 Å². The molecule has 0 saturated heterocycles. The average molecular weight is 398 g/mol. The zero-order valence-electron chi connectivity index (χ0n) is 13.8. The molecule has 10 nitrogen and oxygen atoms in total. The second-order valence-corrected chi connectivity index (χ2v) is 9.41. The van der Waals surface area contributed by atoms with Crippen molar-refractivity contribution in [3.63, 3.8) is 0 Å². The second-order valence-electron chi connectivity index (χ2n) is 5.10. The van der Waals surface area contributed by atoms with Crippen LogP contribution in [0.3, 0.4) is 0 Å². The molecule has 0 amide bonds. The van der Waals surface area contributed by atoms with Gasteiger partial charge in [-0.15, -0.1) is 10.2 Å². The van der Waals surface area contributed by atoms with Crippen LogP contribution in [0, 0.1) is 0 Å². The Morgan fingerprint density at radius 3 is 1.46 bits per heavy atom. The van der Waals surface area contributed by atoms with Crippen molar-refractivity contribution >= 4 is 19.7 Å². The third-order valence-electron chi connectivity index (χ3n) is 3.49. The Hall–Kier alpha value is -2.60. The number of nitrogens with zero attached hydrogens (tertiary/aromatic N) is 4. The first-order valence-corrected chi connectivity index (χ1v) is 10.8. The topological polar surface area (TPSA) is 146 Å². The van der Waals surface area contributed by atoms with Crippen LogP contribution >= 0.6 is 0 Å². The number of benzene rings is 1. The minimum Gasteiger partial charge on any atom is -0.408 e. The summed E-state index contributed by atoms with van der Waals surface area (Å²) in [6, 6.07) is 6.50. The van der Waals surface area contributed by atoms with Crippen molar-refractivity contribution in [3.05, 3.63) is 24.3 Å². The molecule has 0 atom stereocenters. The second kappa shape index (κ2) is 6.61. The first-order chi connectivity index (χ1) is 12.3. The first kappa shape index (κ1) is 18.2. The SMILES string of the molecule is CCS(=O)(=O)c1nnc(-c2ccccc2-c2nnc(S(=O)(=O)CC)o2)o1. The molecule has 0 fully saturated rings. The van der Waals surface area contributed by atoms with E-state index in [1.54, 1.807) is 24.3 Å². The molecule has 0 N–H and O–H groups in total. The van der Waals surface area contributed by atoms with E-state index >= 15 is 0 Å². The van der Waals surface area contributed by atoms with Gasteiger partial charge >= 0.3 is 10.4 Å². The predicted octanol–water partition coefficient (Wildman–Crippen LogP) is 1.37. The fourth-order valence-corrected chi connectivity index (χ4v) is 3.23. The highest BCUT2D eigenvalue weighted by Crippen LogP contribution is 2.31. The molecule has 0 radical (unpaired) electrons. The van der Waals surface area contributed by atoms with Crippen molar-refractivity contribution in [2.24, 2.45) is 0 Å². The predicted molar refractivity (Wildman–Crippen MR) is 88.5 cm³/mol. The van der Waals surface area contributed by atoms with Crippen LogP contribution < -0.4 is 0 Å². The van der Waals surface area contributed by atoms with Gasteiger partial charge in [0, 0.05) is 0 Å². The molecule has 0 spiro atoms. The Labute approximate surface area is 149 Å². The first-order valence-electron chi connectivity index (χ1n) is 7.50. The maximum atomic E-state index is 11.8. The summed E-state index contributed by atoms with van der Waals surface area (Å²) in [7, 11) is -7.30. The molecule has 0 saturated carbocycles. The van der Waals surface area contributed by atoms with Gasteiger partial charge in [-0.25, -0.2) is 16.8 Å². The summed E-state index contributed by atoms with van der Waals surface area (Å²) in [4.78, 5) is 0. The monoisotopic (exact) mass is 398 g/mol. The number of rotatable bonds is 6. The molecule has 1 aromatic carbocycles. The molecule has 0 bridgehead atoms. The van der Waals surface area contributed by atoms with E-state index in [1.165, 1.54) is 13.8 Å². The highest BCUT2D eigenvalue weighted by Gasteiger charge is 2.25. The Balaban J connectivity index is 2.08. The van der Waals surface area contributed by atoms with Crippen molar-refractivity contribution < 1.29 is 25.7 Å². The van der Waals surface area contributed by atoms with Gasteiger partial charge in [-0.05, 0) is 12.1 Å². The quantitative estimate of drug-likeness (QED) is 0.596. The zero-order chi connectivity index (χ0) is 18.9. The van der Waals surface area contributed by atoms with E-state index in [0.29, 0.717) is 11.1 Å². The lowest BCUT2D eigenvalue weighted by atomic mass is 10.1. The van der Waals surface area contributed by atoms with Crippen molar-refractivity contribution in [3.8, 4) is 22.9 Å². The van der Waals surface area contributed by atoms with Gasteiger partial charge in [-0.1, -0.05) is 36.2 Å². The maximum absolute atomic E-state index is 11.8. The number of hydrogen-bond donors (Lipinski definition) is 0. The summed E-state index contributed by atoms with van der Waals surface area (Å²) >= 11 is 0. The van der Waals surface area contributed by atoms with E-state index in [4.69, 9.17) is 8.83 Å². The van der Waals surface area contributed by atoms with E-state index in [9.17, 15) is 16.8 Å². The van der Waals surface area contributed by atoms with Gasteiger partial charge in [0.15, 0.2) is 0 Å². The number of aromatic nitrogens is 4. The Morgan fingerprint density at radius 1 is 0.731 bits per heavy atom. The van der Waals surface area contributed by atoms with Crippen molar-refractivity contribution in [1.82, 2.24) is 20.4 Å². The molecule has 0 unspecified atom stereocenters. The van der Waals surface area contributed by atoms with Gasteiger partial charge in [0.05, 0.1) is 22.6 Å². The van der Waals surface area contributed by atoms with Crippen LogP contribution in [0.2, 0.25) is 0 Å². The molecular formula is C14H14N4O6S2. The van der Waals surface area contributed by atoms with Gasteiger partial charge in [0.25, 0.3) is 0 Å². The molecule has 2 aromatic heterocycles. The van der Waals surface area contributed by atoms with E-state index in [1.807, 2.05) is 0 Å². The largest absolute Gasteiger partial charge is 0.408 e. The lowest BCUT2D eigenvalue weighted by Gasteiger charge is -2.01. The van der Waals surface area contributed by atoms with Crippen LogP contribution in [-0.2, 0) is 19.7 Å². The molecule has 3 rings (SSSR count). The fourth-order valence-electron chi connectivity index (χ4n) is 1.99. The smallest absolute Gasteiger partial charge is 0.335 e. The highest BCUT2D eigenvalue weighted by molar-refractivity contribution is 7.91. The summed E-state index contributed by atoms with van der Waals surface area (Å²) in [5.41, 5.74) is 0.670. The third-order valence-corrected chi connectivity index (χ3v) is 6.41. The molecule has 0 aliphatic heterocycles. The molecule has 0 aliphatic carbocycles. The van der Waals surface area contributed by atoms with E-state index < -0.39 is 30.1 Å². The number of sulfone groups is 2. The highest BCUT2D eigenvalue weighted by atomic mass is 32.2. The van der Waals surface area contributed by atoms with Crippen LogP contribution in [-0.4, -0.2) is 48.7 Å². The van der Waals surface area contributed by atoms with Crippen LogP contribution in [0.1, 0.15) is 13.8 Å². The van der Waals surface area contributed by atoms with Crippen LogP contribution in [0.4, 0.5) is 0 Å². The summed E-state index contributed by atoms with van der Waals surface area (Å²) in [5.74, 6) is -0.493. The molecule has 138 valence electrons. The van der Waals surface area contributed by atoms with E-state index in [2.05, 4.69) is 20.4 Å². The van der Waals surface area contributed by atoms with Gasteiger partial charge in [-0.2, -0.15) is 0 Å². The molecule has 12 heteroatoms. The Bertz CT molecular complexity index is 1060. The van der Waals surface area contributed by atoms with Gasteiger partial charge in [-0.3, -0.25) is 0 Å². The lowest BCUT2D eigenvalue weighted by Crippen LogP contribution is -2.03. The van der Waals surface area contributed by atoms with Gasteiger partial charge in [0.1, 0.15) is 0 Å². The molecular weight excluding hydrogens is 384 g/mol. The fraction of sp³-hybridized carbons (Fsp3) is 0.286. The van der Waals surface area contributed by atoms with Crippen LogP contribution in [0.15, 0.2) is 43.5 Å². The zero-order valence-corrected chi connectivity index (χ0v) is 15.4. The third kappa shape index (κ3) is 3.24. The molecule has 3 aromatic rings. The van der Waals surface area contributed by atoms with Gasteiger partial charge in [0.2, 0.25) is 31.5 Å². The minimum absolute atomic E-state index is 0.0641. The Morgan fingerprint density at radius 2 is 1.12 bits per heavy atom. The van der Waals surface area contributed by atoms with Gasteiger partial charge < -0.3 is 8.83 Å². The summed E-state index contributed by atoms with van der Waals surface area (Å²) in [6.45, 7) is 2.92. The lowest BCUT2D eigenvalue weighted by molar-refractivity contribution is 0.437. The molecule has 0 aliphatic rings. The minimum atomic E-state index is -3.65. The normalized spacial score (nSPS) is 12.4. The summed E-state index contributed by atoms with van der Waals surface area (Å²) in [5, 5.41) is 13.6. The summed E-state index contributed by atoms with van der Waals surface area (Å²) in [6.07, 6.45) is 0. The van der Waals surface area contributed by atoms with Crippen LogP contribution in [0.25, 0.3) is 22.9 Å². The number of hydrogen-bond acceptors (Lipinski definition) is 10. The standard InChI is InChI=1S/C14H14N4O6S2/c1-3-25(19,20)13-17-15-11(23-13)9-7-5-6-8-10(9)12-16-18-14(24-12)26(21,22)4-2/h5-8H,3-4H2,1-2H3. The summed E-state index contributed by atoms with van der Waals surface area (Å²) < 4.78 is 57.9. The molecule has 26 heavy (non-hydrogen) atoms. The van der Waals surface area contributed by atoms with Crippen molar-refractivity contribution in [1.29, 1.82) is 0 Å². The Kier molecular flexibility index (Phi) is 4.63. The average Bonchev–Trinajstić information content (AvgIpc) is 3.32. The van der Waals surface area contributed by atoms with Crippen LogP contribution in [0.5, 0.6) is 0 Å². The molecule has 2 heterocycles.